The fourth-order valence-electron chi connectivity index (χ4n) is 1.88. The number of hydrogen-bond acceptors (Lipinski definition) is 7. The summed E-state index contributed by atoms with van der Waals surface area (Å²) in [5.41, 5.74) is 5.13. The van der Waals surface area contributed by atoms with Gasteiger partial charge in [-0.3, -0.25) is 4.79 Å². The first-order valence-electron chi connectivity index (χ1n) is 5.96. The van der Waals surface area contributed by atoms with Crippen molar-refractivity contribution in [2.45, 2.75) is 31.8 Å². The molecule has 0 bridgehead atoms. The van der Waals surface area contributed by atoms with Gasteiger partial charge in [0.1, 0.15) is 0 Å². The second kappa shape index (κ2) is 8.88. The van der Waals surface area contributed by atoms with E-state index in [4.69, 9.17) is 5.73 Å². The van der Waals surface area contributed by atoms with E-state index in [1.54, 1.807) is 11.8 Å². The Labute approximate surface area is 144 Å². The molecule has 12 heteroatoms. The fraction of sp³-hybridized carbons (Fsp3) is 0.778. The number of ether oxygens (including phenoxy) is 1. The van der Waals surface area contributed by atoms with Crippen molar-refractivity contribution in [3.05, 3.63) is 0 Å². The van der Waals surface area contributed by atoms with Crippen molar-refractivity contribution in [3.63, 3.8) is 0 Å². The summed E-state index contributed by atoms with van der Waals surface area (Å²) in [6, 6.07) is -1.19. The molecule has 1 saturated heterocycles. The van der Waals surface area contributed by atoms with Gasteiger partial charge in [-0.05, 0) is 19.8 Å². The number of amides is 2. The average molecular weight is 332 g/mol. The van der Waals surface area contributed by atoms with E-state index >= 15 is 0 Å². The molecule has 116 valence electrons. The first-order valence-corrected chi connectivity index (χ1v) is 7.37. The van der Waals surface area contributed by atoms with Crippen LogP contribution in [0, 0.1) is 0 Å². The van der Waals surface area contributed by atoms with Crippen LogP contribution in [0.5, 0.6) is 0 Å². The minimum absolute atomic E-state index is 0. The van der Waals surface area contributed by atoms with Gasteiger partial charge in [0.05, 0.1) is 18.7 Å². The number of carbonyl (C=O) groups excluding carboxylic acids is 2. The van der Waals surface area contributed by atoms with Crippen molar-refractivity contribution in [1.82, 2.24) is 15.2 Å². The molecule has 0 aromatic carbocycles. The molecule has 2 amide bonds. The fourth-order valence-corrected chi connectivity index (χ4v) is 2.34. The van der Waals surface area contributed by atoms with Crippen molar-refractivity contribution in [2.24, 2.45) is 5.73 Å². The van der Waals surface area contributed by atoms with Gasteiger partial charge in [-0.15, -0.1) is 4.83 Å². The number of hydrazine groups is 1. The van der Waals surface area contributed by atoms with Crippen LogP contribution in [-0.4, -0.2) is 55.2 Å². The van der Waals surface area contributed by atoms with Gasteiger partial charge in [0.25, 0.3) is 0 Å². The maximum Gasteiger partial charge on any atom is 1.00 e. The first kappa shape index (κ1) is 20.6. The van der Waals surface area contributed by atoms with E-state index in [0.29, 0.717) is 17.9 Å². The zero-order chi connectivity index (χ0) is 15.3. The molecule has 0 spiro atoms. The zero-order valence-corrected chi connectivity index (χ0v) is 14.7. The van der Waals surface area contributed by atoms with Crippen LogP contribution in [0.3, 0.4) is 0 Å². The van der Waals surface area contributed by atoms with Gasteiger partial charge in [0.15, 0.2) is 10.3 Å². The standard InChI is InChI=1S/C9H18N4O6S.Na/c1-2-19-9(15)13(12-20(16,17)18)6-3-4-7(8(10)14)11-5-6;/h6-7,11-12H,2-5H2,1H3,(H2,10,14)(H,16,17,18);/q;+1/p-1/t6-,7+;/m1./s1. The second-order valence-electron chi connectivity index (χ2n) is 4.21. The molecule has 0 unspecified atom stereocenters. The number of nitrogens with two attached hydrogens (primary N) is 1. The molecule has 2 atom stereocenters. The largest absolute Gasteiger partial charge is 1.00 e. The summed E-state index contributed by atoms with van der Waals surface area (Å²) in [4.78, 5) is 24.2. The quantitative estimate of drug-likeness (QED) is 0.259. The minimum Gasteiger partial charge on any atom is -0.734 e. The number of piperidine rings is 1. The molecule has 1 aliphatic heterocycles. The van der Waals surface area contributed by atoms with Crippen molar-refractivity contribution in [3.8, 4) is 0 Å². The molecule has 1 fully saturated rings. The number of primary amides is 1. The third-order valence-corrected chi connectivity index (χ3v) is 3.19. The van der Waals surface area contributed by atoms with Crippen LogP contribution in [-0.2, 0) is 19.8 Å². The van der Waals surface area contributed by atoms with Crippen molar-refractivity contribution in [2.75, 3.05) is 13.2 Å². The van der Waals surface area contributed by atoms with Crippen molar-refractivity contribution < 1.29 is 56.9 Å². The van der Waals surface area contributed by atoms with E-state index in [0.717, 1.165) is 0 Å². The number of nitrogens with one attached hydrogen (secondary N) is 2. The molecule has 10 nitrogen and oxygen atoms in total. The van der Waals surface area contributed by atoms with Gasteiger partial charge >= 0.3 is 35.7 Å². The molecule has 1 rings (SSSR count). The van der Waals surface area contributed by atoms with E-state index in [1.165, 1.54) is 0 Å². The van der Waals surface area contributed by atoms with Crippen LogP contribution in [0.25, 0.3) is 0 Å². The molecule has 4 N–H and O–H groups in total. The number of nitrogens with zero attached hydrogens (tertiary/aromatic N) is 1. The van der Waals surface area contributed by atoms with E-state index in [-0.39, 0.29) is 42.7 Å². The second-order valence-corrected chi connectivity index (χ2v) is 5.30. The molecule has 1 aliphatic rings. The first-order chi connectivity index (χ1) is 9.24. The molecule has 1 heterocycles. The number of hydrogen-bond donors (Lipinski definition) is 3. The van der Waals surface area contributed by atoms with Gasteiger partial charge in [0.2, 0.25) is 5.91 Å². The van der Waals surface area contributed by atoms with Crippen LogP contribution in [0.15, 0.2) is 0 Å². The average Bonchev–Trinajstić information content (AvgIpc) is 2.35. The predicted octanol–water partition coefficient (Wildman–Crippen LogP) is -4.98. The van der Waals surface area contributed by atoms with E-state index < -0.39 is 34.4 Å². The van der Waals surface area contributed by atoms with Crippen LogP contribution >= 0.6 is 0 Å². The van der Waals surface area contributed by atoms with E-state index in [9.17, 15) is 22.6 Å². The smallest absolute Gasteiger partial charge is 0.734 e. The maximum absolute atomic E-state index is 11.7. The summed E-state index contributed by atoms with van der Waals surface area (Å²) in [6.45, 7) is 1.68. The van der Waals surface area contributed by atoms with Crippen LogP contribution in [0.2, 0.25) is 0 Å². The number of carbonyl (C=O) groups is 2. The van der Waals surface area contributed by atoms with Crippen molar-refractivity contribution in [1.29, 1.82) is 0 Å². The summed E-state index contributed by atoms with van der Waals surface area (Å²) in [5, 5.41) is 3.39. The van der Waals surface area contributed by atoms with Gasteiger partial charge < -0.3 is 20.3 Å². The van der Waals surface area contributed by atoms with Crippen LogP contribution in [0.4, 0.5) is 4.79 Å². The van der Waals surface area contributed by atoms with E-state index in [2.05, 4.69) is 10.1 Å². The van der Waals surface area contributed by atoms with Gasteiger partial charge in [0, 0.05) is 6.54 Å². The topological polar surface area (TPSA) is 154 Å². The molecule has 0 aromatic heterocycles. The maximum atomic E-state index is 11.7. The Bertz CT molecular complexity index is 465. The zero-order valence-electron chi connectivity index (χ0n) is 11.9. The summed E-state index contributed by atoms with van der Waals surface area (Å²) >= 11 is 0. The third-order valence-electron chi connectivity index (χ3n) is 2.77. The SMILES string of the molecule is CCOC(=O)N(NS(=O)(=O)[O-])[C@@H]1CC[C@@H](C(N)=O)NC1.[Na+]. The van der Waals surface area contributed by atoms with Gasteiger partial charge in [-0.25, -0.2) is 18.2 Å². The Morgan fingerprint density at radius 1 is 1.48 bits per heavy atom. The Morgan fingerprint density at radius 3 is 2.48 bits per heavy atom. The Hall–Kier alpha value is -0.430. The minimum atomic E-state index is -4.86. The Morgan fingerprint density at radius 2 is 2.10 bits per heavy atom. The predicted molar refractivity (Wildman–Crippen MR) is 65.7 cm³/mol. The summed E-state index contributed by atoms with van der Waals surface area (Å²) in [5.74, 6) is -0.532. The Balaban J connectivity index is 0.00000400. The van der Waals surface area contributed by atoms with E-state index in [1.807, 2.05) is 0 Å². The molecule has 0 aromatic rings. The third kappa shape index (κ3) is 6.91. The summed E-state index contributed by atoms with van der Waals surface area (Å²) < 4.78 is 36.9. The summed E-state index contributed by atoms with van der Waals surface area (Å²) in [7, 11) is -4.86. The molecule has 0 aliphatic carbocycles. The monoisotopic (exact) mass is 332 g/mol. The normalized spacial score (nSPS) is 22.0. The summed E-state index contributed by atoms with van der Waals surface area (Å²) in [6.07, 6.45) is -0.366. The molecular weight excluding hydrogens is 315 g/mol. The van der Waals surface area contributed by atoms with Crippen LogP contribution < -0.4 is 45.4 Å². The number of rotatable bonds is 5. The van der Waals surface area contributed by atoms with Gasteiger partial charge in [-0.1, -0.05) is 0 Å². The molecular formula is C9H17N4NaO6S. The van der Waals surface area contributed by atoms with Crippen molar-refractivity contribution >= 4 is 22.3 Å². The Kier molecular flexibility index (Phi) is 8.70. The molecule has 0 radical (unpaired) electrons. The molecule has 0 saturated carbocycles. The van der Waals surface area contributed by atoms with Crippen LogP contribution in [0.1, 0.15) is 19.8 Å². The van der Waals surface area contributed by atoms with Gasteiger partial charge in [-0.2, -0.15) is 0 Å². The molecule has 21 heavy (non-hydrogen) atoms.